The van der Waals surface area contributed by atoms with Crippen LogP contribution in [-0.2, 0) is 4.74 Å². The summed E-state index contributed by atoms with van der Waals surface area (Å²) in [4.78, 5) is 2.48. The van der Waals surface area contributed by atoms with E-state index in [1.807, 2.05) is 12.1 Å². The maximum absolute atomic E-state index is 5.56. The van der Waals surface area contributed by atoms with Gasteiger partial charge in [0.15, 0.2) is 11.5 Å². The van der Waals surface area contributed by atoms with Gasteiger partial charge in [0.05, 0.1) is 27.4 Å². The summed E-state index contributed by atoms with van der Waals surface area (Å²) in [5.41, 5.74) is 3.77. The van der Waals surface area contributed by atoms with Gasteiger partial charge >= 0.3 is 0 Å². The van der Waals surface area contributed by atoms with E-state index in [0.29, 0.717) is 0 Å². The fraction of sp³-hybridized carbons (Fsp3) is 0.417. The van der Waals surface area contributed by atoms with Crippen molar-refractivity contribution in [1.82, 2.24) is 10.2 Å². The van der Waals surface area contributed by atoms with Gasteiger partial charge in [-0.3, -0.25) is 4.90 Å². The van der Waals surface area contributed by atoms with E-state index in [4.69, 9.17) is 14.2 Å². The van der Waals surface area contributed by atoms with Gasteiger partial charge in [0.2, 0.25) is 0 Å². The van der Waals surface area contributed by atoms with Crippen LogP contribution in [0.1, 0.15) is 24.1 Å². The molecule has 0 radical (unpaired) electrons. The van der Waals surface area contributed by atoms with Crippen LogP contribution < -0.4 is 14.8 Å². The summed E-state index contributed by atoms with van der Waals surface area (Å²) in [7, 11) is 3.35. The molecule has 1 aliphatic heterocycles. The number of rotatable bonds is 9. The summed E-state index contributed by atoms with van der Waals surface area (Å²) < 4.78 is 16.5. The first kappa shape index (κ1) is 21.4. The van der Waals surface area contributed by atoms with Crippen molar-refractivity contribution in [3.05, 3.63) is 65.2 Å². The molecule has 2 aromatic rings. The number of nitrogens with one attached hydrogen (secondary N) is 1. The maximum atomic E-state index is 5.56. The van der Waals surface area contributed by atoms with Crippen LogP contribution in [0.2, 0.25) is 0 Å². The van der Waals surface area contributed by atoms with Crippen molar-refractivity contribution in [3.63, 3.8) is 0 Å². The third-order valence-corrected chi connectivity index (χ3v) is 5.23. The molecule has 0 aromatic heterocycles. The van der Waals surface area contributed by atoms with Gasteiger partial charge in [-0.2, -0.15) is 0 Å². The van der Waals surface area contributed by atoms with Gasteiger partial charge in [-0.15, -0.1) is 0 Å². The molecule has 2 aromatic carbocycles. The third kappa shape index (κ3) is 6.07. The molecule has 0 amide bonds. The molecule has 0 spiro atoms. The molecule has 0 aliphatic carbocycles. The van der Waals surface area contributed by atoms with Crippen molar-refractivity contribution in [3.8, 4) is 11.5 Å². The average Bonchev–Trinajstić information content (AvgIpc) is 2.77. The number of nitrogens with zero attached hydrogens (tertiary/aromatic N) is 1. The minimum atomic E-state index is 0.253. The second-order valence-corrected chi connectivity index (χ2v) is 7.31. The Morgan fingerprint density at radius 1 is 1.07 bits per heavy atom. The molecule has 29 heavy (non-hydrogen) atoms. The molecular formula is C24H32N2O3. The molecule has 5 heteroatoms. The van der Waals surface area contributed by atoms with Crippen LogP contribution in [0.3, 0.4) is 0 Å². The van der Waals surface area contributed by atoms with E-state index in [1.54, 1.807) is 14.2 Å². The number of ether oxygens (including phenoxy) is 3. The Kier molecular flexibility index (Phi) is 8.11. The second kappa shape index (κ2) is 11.0. The van der Waals surface area contributed by atoms with Crippen molar-refractivity contribution in [1.29, 1.82) is 0 Å². The number of methoxy groups -OCH3 is 2. The van der Waals surface area contributed by atoms with E-state index in [0.717, 1.165) is 50.9 Å². The first-order chi connectivity index (χ1) is 14.2. The molecule has 0 bridgehead atoms. The molecule has 156 valence electrons. The van der Waals surface area contributed by atoms with Crippen LogP contribution in [0, 0.1) is 0 Å². The van der Waals surface area contributed by atoms with Gasteiger partial charge in [0.25, 0.3) is 0 Å². The van der Waals surface area contributed by atoms with E-state index in [2.05, 4.69) is 59.6 Å². The van der Waals surface area contributed by atoms with Gasteiger partial charge in [-0.05, 0) is 30.2 Å². The minimum absolute atomic E-state index is 0.253. The van der Waals surface area contributed by atoms with Crippen LogP contribution in [0.15, 0.2) is 54.1 Å². The summed E-state index contributed by atoms with van der Waals surface area (Å²) in [5.74, 6) is 1.52. The minimum Gasteiger partial charge on any atom is -0.493 e. The summed E-state index contributed by atoms with van der Waals surface area (Å²) in [6.07, 6.45) is 2.23. The van der Waals surface area contributed by atoms with E-state index in [-0.39, 0.29) is 6.04 Å². The van der Waals surface area contributed by atoms with Crippen molar-refractivity contribution in [2.45, 2.75) is 13.0 Å². The largest absolute Gasteiger partial charge is 0.493 e. The summed E-state index contributed by atoms with van der Waals surface area (Å²) in [6.45, 7) is 7.28. The number of benzene rings is 2. The van der Waals surface area contributed by atoms with Gasteiger partial charge in [0, 0.05) is 32.2 Å². The lowest BCUT2D eigenvalue weighted by atomic mass is 10.0. The summed E-state index contributed by atoms with van der Waals surface area (Å²) in [6, 6.07) is 16.9. The molecule has 1 fully saturated rings. The Balaban J connectivity index is 1.70. The Morgan fingerprint density at radius 3 is 2.48 bits per heavy atom. The molecule has 1 N–H and O–H groups in total. The van der Waals surface area contributed by atoms with Crippen molar-refractivity contribution >= 4 is 6.08 Å². The normalized spacial score (nSPS) is 16.4. The molecule has 0 saturated carbocycles. The van der Waals surface area contributed by atoms with E-state index in [1.165, 1.54) is 16.7 Å². The SMILES string of the molecule is COc1ccc(C(CNC/C(C)=C/c2ccccc2)N2CCOCC2)cc1OC. The average molecular weight is 397 g/mol. The number of hydrogen-bond donors (Lipinski definition) is 1. The summed E-state index contributed by atoms with van der Waals surface area (Å²) in [5, 5.41) is 3.64. The molecular weight excluding hydrogens is 364 g/mol. The fourth-order valence-electron chi connectivity index (χ4n) is 3.70. The Morgan fingerprint density at radius 2 is 1.79 bits per heavy atom. The highest BCUT2D eigenvalue weighted by atomic mass is 16.5. The van der Waals surface area contributed by atoms with Gasteiger partial charge in [-0.1, -0.05) is 48.0 Å². The van der Waals surface area contributed by atoms with E-state index >= 15 is 0 Å². The summed E-state index contributed by atoms with van der Waals surface area (Å²) >= 11 is 0. The lowest BCUT2D eigenvalue weighted by Gasteiger charge is -2.35. The first-order valence-corrected chi connectivity index (χ1v) is 10.2. The standard InChI is InChI=1S/C24H32N2O3/c1-19(15-20-7-5-4-6-8-20)17-25-18-22(26-11-13-29-14-12-26)21-9-10-23(27-2)24(16-21)28-3/h4-10,15-16,22,25H,11-14,17-18H2,1-3H3/b19-15+. The maximum Gasteiger partial charge on any atom is 0.161 e. The Labute approximate surface area is 174 Å². The highest BCUT2D eigenvalue weighted by molar-refractivity contribution is 5.52. The van der Waals surface area contributed by atoms with Crippen molar-refractivity contribution in [2.75, 3.05) is 53.6 Å². The number of morpholine rings is 1. The van der Waals surface area contributed by atoms with Crippen LogP contribution in [0.4, 0.5) is 0 Å². The lowest BCUT2D eigenvalue weighted by molar-refractivity contribution is 0.0163. The zero-order valence-electron chi connectivity index (χ0n) is 17.7. The zero-order chi connectivity index (χ0) is 20.5. The van der Waals surface area contributed by atoms with Crippen molar-refractivity contribution < 1.29 is 14.2 Å². The molecule has 3 rings (SSSR count). The third-order valence-electron chi connectivity index (χ3n) is 5.23. The molecule has 1 aliphatic rings. The van der Waals surface area contributed by atoms with E-state index < -0.39 is 0 Å². The topological polar surface area (TPSA) is 43.0 Å². The van der Waals surface area contributed by atoms with Crippen LogP contribution in [-0.4, -0.2) is 58.5 Å². The molecule has 1 unspecified atom stereocenters. The Bertz CT molecular complexity index is 786. The van der Waals surface area contributed by atoms with Crippen molar-refractivity contribution in [2.24, 2.45) is 0 Å². The number of hydrogen-bond acceptors (Lipinski definition) is 5. The smallest absolute Gasteiger partial charge is 0.161 e. The fourth-order valence-corrected chi connectivity index (χ4v) is 3.70. The van der Waals surface area contributed by atoms with Gasteiger partial charge in [0.1, 0.15) is 0 Å². The van der Waals surface area contributed by atoms with Crippen LogP contribution in [0.25, 0.3) is 6.08 Å². The second-order valence-electron chi connectivity index (χ2n) is 7.31. The highest BCUT2D eigenvalue weighted by Gasteiger charge is 2.23. The molecule has 1 heterocycles. The predicted octanol–water partition coefficient (Wildman–Crippen LogP) is 3.77. The Hall–Kier alpha value is -2.34. The monoisotopic (exact) mass is 396 g/mol. The zero-order valence-corrected chi connectivity index (χ0v) is 17.7. The van der Waals surface area contributed by atoms with Gasteiger partial charge in [-0.25, -0.2) is 0 Å². The molecule has 1 atom stereocenters. The van der Waals surface area contributed by atoms with Crippen LogP contribution in [0.5, 0.6) is 11.5 Å². The van der Waals surface area contributed by atoms with Gasteiger partial charge < -0.3 is 19.5 Å². The lowest BCUT2D eigenvalue weighted by Crippen LogP contribution is -2.43. The first-order valence-electron chi connectivity index (χ1n) is 10.2. The quantitative estimate of drug-likeness (QED) is 0.699. The predicted molar refractivity (Wildman–Crippen MR) is 118 cm³/mol. The van der Waals surface area contributed by atoms with Crippen LogP contribution >= 0.6 is 0 Å². The highest BCUT2D eigenvalue weighted by Crippen LogP contribution is 2.32. The van der Waals surface area contributed by atoms with E-state index in [9.17, 15) is 0 Å². The molecule has 1 saturated heterocycles. The molecule has 5 nitrogen and oxygen atoms in total.